The van der Waals surface area contributed by atoms with E-state index in [4.69, 9.17) is 0 Å². The molecular weight excluding hydrogens is 302 g/mol. The largest absolute Gasteiger partial charge is 0.345 e. The van der Waals surface area contributed by atoms with Gasteiger partial charge in [0, 0.05) is 17.8 Å². The Bertz CT molecular complexity index is 1080. The lowest BCUT2D eigenvalue weighted by Crippen LogP contribution is -2.13. The van der Waals surface area contributed by atoms with E-state index in [1.165, 1.54) is 0 Å². The SMILES string of the molecule is C1=CC2N=C1Nc1ccc([nH]1)Cc1ccc([nH]1)N=c1ccc([nH]1)=N2. The van der Waals surface area contributed by atoms with Crippen molar-refractivity contribution >= 4 is 17.5 Å². The number of fused-ring (bicyclic) bond motifs is 7. The topological polar surface area (TPSA) is 96.5 Å². The number of hydrogen-bond acceptors (Lipinski definition) is 4. The predicted octanol–water partition coefficient (Wildman–Crippen LogP) is 1.55. The summed E-state index contributed by atoms with van der Waals surface area (Å²) in [4.78, 5) is 23.6. The van der Waals surface area contributed by atoms with Crippen LogP contribution in [0.5, 0.6) is 0 Å². The molecule has 7 nitrogen and oxygen atoms in total. The summed E-state index contributed by atoms with van der Waals surface area (Å²) in [6, 6.07) is 11.9. The fourth-order valence-electron chi connectivity index (χ4n) is 2.89. The van der Waals surface area contributed by atoms with Crippen molar-refractivity contribution in [1.29, 1.82) is 0 Å². The van der Waals surface area contributed by atoms with Gasteiger partial charge in [-0.3, -0.25) is 0 Å². The highest BCUT2D eigenvalue weighted by atomic mass is 15.1. The number of amidine groups is 1. The van der Waals surface area contributed by atoms with Gasteiger partial charge < -0.3 is 20.3 Å². The normalized spacial score (nSPS) is 18.5. The van der Waals surface area contributed by atoms with Crippen LogP contribution in [-0.2, 0) is 6.42 Å². The Morgan fingerprint density at radius 1 is 0.833 bits per heavy atom. The molecule has 2 aliphatic heterocycles. The number of aliphatic imine (C=N–C) groups is 1. The molecular formula is C17H15N7. The van der Waals surface area contributed by atoms with Gasteiger partial charge in [0.1, 0.15) is 28.4 Å². The molecule has 3 aromatic heterocycles. The number of aromatic nitrogens is 3. The van der Waals surface area contributed by atoms with Crippen molar-refractivity contribution in [3.63, 3.8) is 0 Å². The van der Waals surface area contributed by atoms with Gasteiger partial charge in [0.15, 0.2) is 6.17 Å². The third-order valence-corrected chi connectivity index (χ3v) is 3.99. The van der Waals surface area contributed by atoms with E-state index in [1.807, 2.05) is 42.5 Å². The fourth-order valence-corrected chi connectivity index (χ4v) is 2.89. The van der Waals surface area contributed by atoms with Crippen LogP contribution in [0.1, 0.15) is 11.4 Å². The zero-order valence-electron chi connectivity index (χ0n) is 12.7. The van der Waals surface area contributed by atoms with Crippen molar-refractivity contribution in [2.24, 2.45) is 15.0 Å². The van der Waals surface area contributed by atoms with Crippen LogP contribution in [0.3, 0.4) is 0 Å². The van der Waals surface area contributed by atoms with E-state index in [9.17, 15) is 0 Å². The Labute approximate surface area is 137 Å². The Morgan fingerprint density at radius 3 is 2.71 bits per heavy atom. The lowest BCUT2D eigenvalue weighted by molar-refractivity contribution is 0.841. The Morgan fingerprint density at radius 2 is 1.71 bits per heavy atom. The van der Waals surface area contributed by atoms with Gasteiger partial charge >= 0.3 is 0 Å². The Kier molecular flexibility index (Phi) is 2.78. The second-order valence-electron chi connectivity index (χ2n) is 5.82. The molecule has 0 spiro atoms. The summed E-state index contributed by atoms with van der Waals surface area (Å²) in [6.07, 6.45) is 4.46. The standard InChI is InChI=1S/C17H15N7/c1-3-12-18-10(1)9-11-2-4-13(19-11)21-15-6-8-17(23-15)24-16-7-5-14(20-12)22-16/h1-8,16,18-19H,9H2,(H,20,22)(H,21,23,24). The summed E-state index contributed by atoms with van der Waals surface area (Å²) in [5.74, 6) is 2.53. The van der Waals surface area contributed by atoms with E-state index >= 15 is 0 Å². The highest BCUT2D eigenvalue weighted by molar-refractivity contribution is 6.04. The average molecular weight is 317 g/mol. The third kappa shape index (κ3) is 2.45. The first-order valence-corrected chi connectivity index (χ1v) is 7.81. The van der Waals surface area contributed by atoms with Crippen LogP contribution in [0.15, 0.2) is 63.5 Å². The number of anilines is 1. The number of nitrogens with one attached hydrogen (secondary N) is 4. The highest BCUT2D eigenvalue weighted by Gasteiger charge is 2.11. The zero-order valence-corrected chi connectivity index (χ0v) is 12.7. The predicted molar refractivity (Wildman–Crippen MR) is 91.1 cm³/mol. The first-order chi connectivity index (χ1) is 11.8. The van der Waals surface area contributed by atoms with Gasteiger partial charge in [-0.1, -0.05) is 0 Å². The van der Waals surface area contributed by atoms with Crippen LogP contribution >= 0.6 is 0 Å². The van der Waals surface area contributed by atoms with Gasteiger partial charge in [0.05, 0.1) is 0 Å². The van der Waals surface area contributed by atoms with Gasteiger partial charge in [-0.25, -0.2) is 15.0 Å². The smallest absolute Gasteiger partial charge is 0.163 e. The maximum Gasteiger partial charge on any atom is 0.163 e. The van der Waals surface area contributed by atoms with Gasteiger partial charge in [0.25, 0.3) is 0 Å². The lowest BCUT2D eigenvalue weighted by atomic mass is 10.2. The minimum absolute atomic E-state index is 0.224. The van der Waals surface area contributed by atoms with Crippen LogP contribution in [0.2, 0.25) is 0 Å². The number of H-pyrrole nitrogens is 3. The highest BCUT2D eigenvalue weighted by Crippen LogP contribution is 2.16. The number of aromatic amines is 3. The second-order valence-corrected chi connectivity index (χ2v) is 5.82. The van der Waals surface area contributed by atoms with Gasteiger partial charge in [-0.2, -0.15) is 0 Å². The molecule has 24 heavy (non-hydrogen) atoms. The summed E-state index contributed by atoms with van der Waals surface area (Å²) < 4.78 is 0. The molecule has 3 aromatic rings. The van der Waals surface area contributed by atoms with Crippen molar-refractivity contribution < 1.29 is 0 Å². The van der Waals surface area contributed by atoms with Crippen LogP contribution in [0.4, 0.5) is 11.6 Å². The number of rotatable bonds is 0. The lowest BCUT2D eigenvalue weighted by Gasteiger charge is -2.02. The van der Waals surface area contributed by atoms with Crippen LogP contribution in [-0.4, -0.2) is 27.0 Å². The molecule has 1 atom stereocenters. The first-order valence-electron chi connectivity index (χ1n) is 7.81. The maximum atomic E-state index is 4.57. The molecule has 8 bridgehead atoms. The zero-order chi connectivity index (χ0) is 15.9. The van der Waals surface area contributed by atoms with Gasteiger partial charge in [-0.15, -0.1) is 0 Å². The third-order valence-electron chi connectivity index (χ3n) is 3.99. The van der Waals surface area contributed by atoms with Crippen LogP contribution < -0.4 is 16.3 Å². The first kappa shape index (κ1) is 13.1. The summed E-state index contributed by atoms with van der Waals surface area (Å²) in [7, 11) is 0. The molecule has 1 unspecified atom stereocenters. The fraction of sp³-hybridized carbons (Fsp3) is 0.118. The Balaban J connectivity index is 1.63. The molecule has 0 radical (unpaired) electrons. The van der Waals surface area contributed by atoms with E-state index in [2.05, 4.69) is 41.3 Å². The summed E-state index contributed by atoms with van der Waals surface area (Å²) in [6.45, 7) is 0. The number of nitrogens with zero attached hydrogens (tertiary/aromatic N) is 3. The van der Waals surface area contributed by atoms with E-state index in [1.54, 1.807) is 0 Å². The summed E-state index contributed by atoms with van der Waals surface area (Å²) in [5, 5.41) is 3.28. The maximum absolute atomic E-state index is 4.57. The van der Waals surface area contributed by atoms with Crippen LogP contribution in [0, 0.1) is 0 Å². The molecule has 0 saturated carbocycles. The molecule has 0 aromatic carbocycles. The molecule has 4 N–H and O–H groups in total. The van der Waals surface area contributed by atoms with E-state index < -0.39 is 0 Å². The number of hydrogen-bond donors (Lipinski definition) is 4. The van der Waals surface area contributed by atoms with E-state index in [0.29, 0.717) is 0 Å². The van der Waals surface area contributed by atoms with Gasteiger partial charge in [-0.05, 0) is 48.6 Å². The van der Waals surface area contributed by atoms with E-state index in [-0.39, 0.29) is 6.17 Å². The van der Waals surface area contributed by atoms with E-state index in [0.717, 1.165) is 46.3 Å². The molecule has 118 valence electrons. The van der Waals surface area contributed by atoms with Crippen molar-refractivity contribution in [1.82, 2.24) is 15.0 Å². The molecule has 5 heterocycles. The van der Waals surface area contributed by atoms with Crippen molar-refractivity contribution in [2.45, 2.75) is 12.6 Å². The molecule has 5 rings (SSSR count). The summed E-state index contributed by atoms with van der Waals surface area (Å²) >= 11 is 0. The summed E-state index contributed by atoms with van der Waals surface area (Å²) in [5.41, 5.74) is 3.74. The quantitative estimate of drug-likeness (QED) is 0.497. The monoisotopic (exact) mass is 317 g/mol. The minimum Gasteiger partial charge on any atom is -0.345 e. The second kappa shape index (κ2) is 5.09. The van der Waals surface area contributed by atoms with Crippen molar-refractivity contribution in [2.75, 3.05) is 5.32 Å². The molecule has 0 saturated heterocycles. The Hall–Kier alpha value is -3.35. The average Bonchev–Trinajstić information content (AvgIpc) is 3.32. The van der Waals surface area contributed by atoms with Gasteiger partial charge in [0.2, 0.25) is 0 Å². The van der Waals surface area contributed by atoms with Crippen molar-refractivity contribution in [3.05, 3.63) is 70.9 Å². The van der Waals surface area contributed by atoms with Crippen LogP contribution in [0.25, 0.3) is 0 Å². The van der Waals surface area contributed by atoms with Crippen molar-refractivity contribution in [3.8, 4) is 0 Å². The minimum atomic E-state index is -0.224. The molecule has 2 aliphatic rings. The molecule has 0 aliphatic carbocycles. The molecule has 0 amide bonds. The molecule has 0 fully saturated rings. The molecule has 7 heteroatoms.